The second kappa shape index (κ2) is 11.5. The Labute approximate surface area is 237 Å². The first-order chi connectivity index (χ1) is 19.6. The molecule has 1 unspecified atom stereocenters. The van der Waals surface area contributed by atoms with Gasteiger partial charge >= 0.3 is 0 Å². The maximum absolute atomic E-state index is 13.2. The Morgan fingerprint density at radius 2 is 2.10 bits per heavy atom. The minimum Gasteiger partial charge on any atom is -0.489 e. The Balaban J connectivity index is 1.25. The van der Waals surface area contributed by atoms with Gasteiger partial charge in [0, 0.05) is 24.0 Å². The van der Waals surface area contributed by atoms with E-state index in [2.05, 4.69) is 32.2 Å². The van der Waals surface area contributed by atoms with Crippen LogP contribution >= 0.6 is 11.6 Å². The highest BCUT2D eigenvalue weighted by molar-refractivity contribution is 6.32. The fourth-order valence-corrected chi connectivity index (χ4v) is 5.32. The van der Waals surface area contributed by atoms with Crippen molar-refractivity contribution in [1.82, 2.24) is 19.9 Å². The summed E-state index contributed by atoms with van der Waals surface area (Å²) in [4.78, 5) is 30.5. The first-order valence-corrected chi connectivity index (χ1v) is 13.6. The molecule has 0 radical (unpaired) electrons. The van der Waals surface area contributed by atoms with Crippen molar-refractivity contribution < 1.29 is 14.3 Å². The Morgan fingerprint density at radius 1 is 1.18 bits per heavy atom. The number of carbonyl (C=O) groups excluding carboxylic acids is 1. The second-order valence-corrected chi connectivity index (χ2v) is 10.2. The number of anilines is 3. The molecule has 6 rings (SSSR count). The number of carbonyl (C=O) groups is 1. The SMILES string of the molecule is CN1CCCC1/C=C/C(=O)N1CCOc2c1ccc1ncnc(Nc3ccc(OCc4ccccn4)c(Cl)c3)c21. The predicted molar refractivity (Wildman–Crippen MR) is 155 cm³/mol. The maximum Gasteiger partial charge on any atom is 0.250 e. The number of aromatic nitrogens is 3. The van der Waals surface area contributed by atoms with Crippen molar-refractivity contribution in [2.45, 2.75) is 25.5 Å². The van der Waals surface area contributed by atoms with Crippen LogP contribution in [0, 0.1) is 0 Å². The summed E-state index contributed by atoms with van der Waals surface area (Å²) in [7, 11) is 2.09. The number of fused-ring (bicyclic) bond motifs is 3. The molecule has 1 fully saturated rings. The average molecular weight is 557 g/mol. The highest BCUT2D eigenvalue weighted by atomic mass is 35.5. The van der Waals surface area contributed by atoms with Gasteiger partial charge in [-0.25, -0.2) is 9.97 Å². The third-order valence-corrected chi connectivity index (χ3v) is 7.48. The molecule has 0 spiro atoms. The van der Waals surface area contributed by atoms with Gasteiger partial charge in [0.2, 0.25) is 0 Å². The van der Waals surface area contributed by atoms with Crippen molar-refractivity contribution in [3.63, 3.8) is 0 Å². The van der Waals surface area contributed by atoms with E-state index < -0.39 is 0 Å². The monoisotopic (exact) mass is 556 g/mol. The van der Waals surface area contributed by atoms with Crippen LogP contribution in [0.25, 0.3) is 10.9 Å². The number of nitrogens with one attached hydrogen (secondary N) is 1. The molecule has 1 amide bonds. The van der Waals surface area contributed by atoms with Gasteiger partial charge in [-0.15, -0.1) is 0 Å². The molecule has 0 saturated carbocycles. The van der Waals surface area contributed by atoms with Crippen molar-refractivity contribution in [1.29, 1.82) is 0 Å². The molecular weight excluding hydrogens is 528 g/mol. The number of amides is 1. The predicted octanol–water partition coefficient (Wildman–Crippen LogP) is 5.38. The van der Waals surface area contributed by atoms with Crippen molar-refractivity contribution in [2.24, 2.45) is 0 Å². The molecule has 1 N–H and O–H groups in total. The highest BCUT2D eigenvalue weighted by Gasteiger charge is 2.27. The minimum absolute atomic E-state index is 0.0661. The van der Waals surface area contributed by atoms with E-state index in [-0.39, 0.29) is 5.91 Å². The lowest BCUT2D eigenvalue weighted by Gasteiger charge is -2.30. The van der Waals surface area contributed by atoms with E-state index >= 15 is 0 Å². The molecule has 9 nitrogen and oxygen atoms in total. The summed E-state index contributed by atoms with van der Waals surface area (Å²) >= 11 is 6.54. The zero-order valence-electron chi connectivity index (χ0n) is 22.1. The Hall–Kier alpha value is -4.21. The molecular formula is C30H29ClN6O3. The minimum atomic E-state index is -0.0661. The van der Waals surface area contributed by atoms with Crippen molar-refractivity contribution in [3.8, 4) is 11.5 Å². The Kier molecular flexibility index (Phi) is 7.48. The lowest BCUT2D eigenvalue weighted by molar-refractivity contribution is -0.114. The smallest absolute Gasteiger partial charge is 0.250 e. The van der Waals surface area contributed by atoms with Crippen LogP contribution in [-0.2, 0) is 11.4 Å². The molecule has 0 bridgehead atoms. The van der Waals surface area contributed by atoms with Crippen LogP contribution in [0.5, 0.6) is 11.5 Å². The number of ether oxygens (including phenoxy) is 2. The largest absolute Gasteiger partial charge is 0.489 e. The van der Waals surface area contributed by atoms with E-state index in [1.807, 2.05) is 42.5 Å². The number of hydrogen-bond donors (Lipinski definition) is 1. The van der Waals surface area contributed by atoms with Gasteiger partial charge in [-0.1, -0.05) is 23.7 Å². The molecule has 10 heteroatoms. The Morgan fingerprint density at radius 3 is 2.90 bits per heavy atom. The van der Waals surface area contributed by atoms with E-state index in [0.717, 1.165) is 30.8 Å². The fraction of sp³-hybridized carbons (Fsp3) is 0.267. The number of halogens is 1. The quantitative estimate of drug-likeness (QED) is 0.303. The van der Waals surface area contributed by atoms with Crippen LogP contribution in [-0.4, -0.2) is 58.5 Å². The third-order valence-electron chi connectivity index (χ3n) is 7.19. The zero-order valence-corrected chi connectivity index (χ0v) is 22.8. The topological polar surface area (TPSA) is 92.7 Å². The van der Waals surface area contributed by atoms with Crippen molar-refractivity contribution >= 4 is 45.6 Å². The summed E-state index contributed by atoms with van der Waals surface area (Å²) in [5.74, 6) is 1.62. The van der Waals surface area contributed by atoms with Gasteiger partial charge in [-0.3, -0.25) is 14.7 Å². The first-order valence-electron chi connectivity index (χ1n) is 13.3. The van der Waals surface area contributed by atoms with Crippen LogP contribution in [0.15, 0.2) is 73.2 Å². The van der Waals surface area contributed by atoms with Crippen LogP contribution in [0.4, 0.5) is 17.2 Å². The van der Waals surface area contributed by atoms with Crippen LogP contribution in [0.3, 0.4) is 0 Å². The fourth-order valence-electron chi connectivity index (χ4n) is 5.08. The molecule has 0 aliphatic carbocycles. The summed E-state index contributed by atoms with van der Waals surface area (Å²) in [6, 6.07) is 15.2. The summed E-state index contributed by atoms with van der Waals surface area (Å²) < 4.78 is 12.0. The first kappa shape index (κ1) is 26.0. The molecule has 1 atom stereocenters. The molecule has 2 aromatic heterocycles. The number of nitrogens with zero attached hydrogens (tertiary/aromatic N) is 5. The summed E-state index contributed by atoms with van der Waals surface area (Å²) in [5.41, 5.74) is 2.93. The summed E-state index contributed by atoms with van der Waals surface area (Å²) in [5, 5.41) is 4.49. The van der Waals surface area contributed by atoms with Gasteiger partial charge in [0.1, 0.15) is 31.1 Å². The molecule has 2 aliphatic heterocycles. The van der Waals surface area contributed by atoms with E-state index in [0.29, 0.717) is 64.7 Å². The van der Waals surface area contributed by atoms with Gasteiger partial charge < -0.3 is 19.7 Å². The average Bonchev–Trinajstić information content (AvgIpc) is 3.40. The molecule has 4 aromatic rings. The number of hydrogen-bond acceptors (Lipinski definition) is 8. The van der Waals surface area contributed by atoms with Crippen molar-refractivity contribution in [2.75, 3.05) is 37.0 Å². The Bertz CT molecular complexity index is 1560. The van der Waals surface area contributed by atoms with E-state index in [1.165, 1.54) is 6.33 Å². The van der Waals surface area contributed by atoms with Gasteiger partial charge in [0.15, 0.2) is 5.75 Å². The van der Waals surface area contributed by atoms with E-state index in [4.69, 9.17) is 21.1 Å². The van der Waals surface area contributed by atoms with Gasteiger partial charge in [0.25, 0.3) is 5.91 Å². The van der Waals surface area contributed by atoms with Gasteiger partial charge in [0.05, 0.1) is 33.9 Å². The molecule has 2 aliphatic rings. The normalized spacial score (nSPS) is 17.1. The van der Waals surface area contributed by atoms with Crippen LogP contribution in [0.2, 0.25) is 5.02 Å². The molecule has 204 valence electrons. The van der Waals surface area contributed by atoms with Gasteiger partial charge in [-0.05, 0) is 68.9 Å². The zero-order chi connectivity index (χ0) is 27.5. The lowest BCUT2D eigenvalue weighted by atomic mass is 10.1. The molecule has 1 saturated heterocycles. The lowest BCUT2D eigenvalue weighted by Crippen LogP contribution is -2.37. The number of rotatable bonds is 7. The van der Waals surface area contributed by atoms with E-state index in [1.54, 1.807) is 29.3 Å². The number of benzene rings is 2. The molecule has 4 heterocycles. The third kappa shape index (κ3) is 5.43. The molecule has 40 heavy (non-hydrogen) atoms. The van der Waals surface area contributed by atoms with Gasteiger partial charge in [-0.2, -0.15) is 0 Å². The number of pyridine rings is 1. The molecule has 2 aromatic carbocycles. The standard InChI is InChI=1S/C30H29ClN6O3/c1-36-14-4-6-22(36)8-12-27(38)37-15-16-39-29-25(37)10-9-24-28(29)30(34-19-33-24)35-20-7-11-26(23(31)17-20)40-18-21-5-2-3-13-32-21/h2-3,5,7-13,17,19,22H,4,6,14-16,18H2,1H3,(H,33,34,35)/b12-8+. The van der Waals surface area contributed by atoms with E-state index in [9.17, 15) is 4.79 Å². The van der Waals surface area contributed by atoms with Crippen LogP contribution < -0.4 is 19.7 Å². The summed E-state index contributed by atoms with van der Waals surface area (Å²) in [6.07, 6.45) is 9.13. The number of likely N-dealkylation sites (N-methyl/N-ethyl adjacent to an activating group) is 1. The second-order valence-electron chi connectivity index (χ2n) is 9.80. The summed E-state index contributed by atoms with van der Waals surface area (Å²) in [6.45, 7) is 2.21. The maximum atomic E-state index is 13.2. The van der Waals surface area contributed by atoms with Crippen LogP contribution in [0.1, 0.15) is 18.5 Å². The highest BCUT2D eigenvalue weighted by Crippen LogP contribution is 2.42. The van der Waals surface area contributed by atoms with Crippen molar-refractivity contribution in [3.05, 3.63) is 83.9 Å². The number of likely N-dealkylation sites (tertiary alicyclic amines) is 1.